The molecular formula is C18H23N9. The first kappa shape index (κ1) is 17.2. The summed E-state index contributed by atoms with van der Waals surface area (Å²) in [6, 6.07) is 8.28. The van der Waals surface area contributed by atoms with Crippen molar-refractivity contribution in [3.63, 3.8) is 0 Å². The van der Waals surface area contributed by atoms with Crippen LogP contribution in [0, 0.1) is 6.92 Å². The Morgan fingerprint density at radius 2 is 2.30 bits per heavy atom. The van der Waals surface area contributed by atoms with Crippen molar-refractivity contribution in [1.29, 1.82) is 0 Å². The van der Waals surface area contributed by atoms with Crippen LogP contribution in [0.15, 0.2) is 41.9 Å². The van der Waals surface area contributed by atoms with Gasteiger partial charge in [-0.25, -0.2) is 19.3 Å². The molecule has 1 unspecified atom stereocenters. The van der Waals surface area contributed by atoms with Gasteiger partial charge in [0.15, 0.2) is 5.96 Å². The highest BCUT2D eigenvalue weighted by molar-refractivity contribution is 5.80. The monoisotopic (exact) mass is 365 g/mol. The van der Waals surface area contributed by atoms with Crippen molar-refractivity contribution in [3.8, 4) is 5.69 Å². The second-order valence-corrected chi connectivity index (χ2v) is 6.52. The Balaban J connectivity index is 1.41. The van der Waals surface area contributed by atoms with E-state index in [-0.39, 0.29) is 6.04 Å². The zero-order valence-electron chi connectivity index (χ0n) is 15.5. The average Bonchev–Trinajstić information content (AvgIpc) is 3.34. The number of nitrogens with zero attached hydrogens (tertiary/aromatic N) is 7. The van der Waals surface area contributed by atoms with Crippen molar-refractivity contribution in [2.45, 2.75) is 38.9 Å². The minimum Gasteiger partial charge on any atom is -0.352 e. The van der Waals surface area contributed by atoms with Crippen LogP contribution in [-0.4, -0.2) is 42.5 Å². The van der Waals surface area contributed by atoms with Crippen LogP contribution in [0.5, 0.6) is 0 Å². The lowest BCUT2D eigenvalue weighted by molar-refractivity contribution is 0.397. The predicted molar refractivity (Wildman–Crippen MR) is 101 cm³/mol. The number of aromatic nitrogens is 6. The topological polar surface area (TPSA) is 97.8 Å². The normalized spacial score (nSPS) is 16.8. The fourth-order valence-electron chi connectivity index (χ4n) is 3.30. The van der Waals surface area contributed by atoms with Crippen molar-refractivity contribution in [1.82, 2.24) is 40.2 Å². The maximum Gasteiger partial charge on any atom is 0.191 e. The molecule has 4 rings (SSSR count). The van der Waals surface area contributed by atoms with Crippen molar-refractivity contribution in [2.75, 3.05) is 7.05 Å². The third-order valence-corrected chi connectivity index (χ3v) is 4.57. The Morgan fingerprint density at radius 1 is 1.37 bits per heavy atom. The standard InChI is InChI=1S/C18H23N9/c1-13-23-17-16(7-4-8-26(17)25-13)24-18(19-2)21-10-14-5-3-6-15(9-14)27-12-20-11-22-27/h3,5-6,9,11-12,16H,4,7-8,10H2,1-2H3,(H2,19,21,24). The van der Waals surface area contributed by atoms with Gasteiger partial charge < -0.3 is 10.6 Å². The third kappa shape index (κ3) is 3.81. The van der Waals surface area contributed by atoms with Gasteiger partial charge in [-0.2, -0.15) is 10.2 Å². The zero-order valence-corrected chi connectivity index (χ0v) is 15.5. The van der Waals surface area contributed by atoms with Gasteiger partial charge in [-0.1, -0.05) is 12.1 Å². The summed E-state index contributed by atoms with van der Waals surface area (Å²) in [5, 5.41) is 15.5. The van der Waals surface area contributed by atoms with E-state index in [0.717, 1.165) is 48.2 Å². The van der Waals surface area contributed by atoms with E-state index in [1.807, 2.05) is 23.7 Å². The molecule has 0 radical (unpaired) electrons. The Bertz CT molecular complexity index is 926. The lowest BCUT2D eigenvalue weighted by Crippen LogP contribution is -2.41. The van der Waals surface area contributed by atoms with E-state index in [2.05, 4.69) is 47.9 Å². The molecule has 3 heterocycles. The Morgan fingerprint density at radius 3 is 3.11 bits per heavy atom. The van der Waals surface area contributed by atoms with E-state index in [1.54, 1.807) is 18.1 Å². The highest BCUT2D eigenvalue weighted by Crippen LogP contribution is 2.22. The largest absolute Gasteiger partial charge is 0.352 e. The highest BCUT2D eigenvalue weighted by Gasteiger charge is 2.24. The summed E-state index contributed by atoms with van der Waals surface area (Å²) in [7, 11) is 1.78. The SMILES string of the molecule is CN=C(NCc1cccc(-n2cncn2)c1)NC1CCCn2nc(C)nc21. The number of hydrogen-bond donors (Lipinski definition) is 2. The molecule has 2 N–H and O–H groups in total. The van der Waals surface area contributed by atoms with E-state index in [4.69, 9.17) is 0 Å². The van der Waals surface area contributed by atoms with E-state index in [0.29, 0.717) is 6.54 Å². The summed E-state index contributed by atoms with van der Waals surface area (Å²) >= 11 is 0. The van der Waals surface area contributed by atoms with Crippen LogP contribution in [-0.2, 0) is 13.1 Å². The molecule has 1 aromatic carbocycles. The zero-order chi connectivity index (χ0) is 18.6. The highest BCUT2D eigenvalue weighted by atomic mass is 15.4. The first-order chi connectivity index (χ1) is 13.2. The fourth-order valence-corrected chi connectivity index (χ4v) is 3.30. The average molecular weight is 365 g/mol. The number of hydrogen-bond acceptors (Lipinski definition) is 5. The molecule has 140 valence electrons. The molecule has 1 aliphatic heterocycles. The van der Waals surface area contributed by atoms with Gasteiger partial charge in [0.2, 0.25) is 0 Å². The van der Waals surface area contributed by atoms with Crippen molar-refractivity contribution in [2.24, 2.45) is 4.99 Å². The fraction of sp³-hybridized carbons (Fsp3) is 0.389. The minimum atomic E-state index is 0.118. The third-order valence-electron chi connectivity index (χ3n) is 4.57. The number of aliphatic imine (C=N–C) groups is 1. The molecule has 3 aromatic rings. The molecule has 9 heteroatoms. The van der Waals surface area contributed by atoms with Gasteiger partial charge in [-0.15, -0.1) is 0 Å². The van der Waals surface area contributed by atoms with Gasteiger partial charge in [-0.3, -0.25) is 4.99 Å². The van der Waals surface area contributed by atoms with Crippen LogP contribution in [0.3, 0.4) is 0 Å². The Hall–Kier alpha value is -3.23. The van der Waals surface area contributed by atoms with Crippen LogP contribution >= 0.6 is 0 Å². The summed E-state index contributed by atoms with van der Waals surface area (Å²) in [5.74, 6) is 2.54. The molecule has 1 aliphatic rings. The van der Waals surface area contributed by atoms with E-state index in [1.165, 1.54) is 6.33 Å². The van der Waals surface area contributed by atoms with Crippen molar-refractivity contribution < 1.29 is 0 Å². The number of benzene rings is 1. The number of guanidine groups is 1. The molecule has 0 saturated heterocycles. The second kappa shape index (κ2) is 7.56. The molecule has 0 amide bonds. The van der Waals surface area contributed by atoms with Crippen molar-refractivity contribution in [3.05, 3.63) is 54.1 Å². The molecule has 0 fully saturated rings. The van der Waals surface area contributed by atoms with E-state index in [9.17, 15) is 0 Å². The summed E-state index contributed by atoms with van der Waals surface area (Å²) in [5.41, 5.74) is 2.11. The number of fused-ring (bicyclic) bond motifs is 1. The summed E-state index contributed by atoms with van der Waals surface area (Å²) in [4.78, 5) is 12.9. The van der Waals surface area contributed by atoms with E-state index < -0.39 is 0 Å². The van der Waals surface area contributed by atoms with Gasteiger partial charge in [-0.05, 0) is 37.5 Å². The Labute approximate surface area is 157 Å². The molecule has 1 atom stereocenters. The van der Waals surface area contributed by atoms with Gasteiger partial charge in [0.1, 0.15) is 24.3 Å². The predicted octanol–water partition coefficient (Wildman–Crippen LogP) is 1.37. The molecule has 0 saturated carbocycles. The first-order valence-electron chi connectivity index (χ1n) is 9.05. The quantitative estimate of drug-likeness (QED) is 0.535. The maximum absolute atomic E-state index is 4.57. The first-order valence-corrected chi connectivity index (χ1v) is 9.05. The number of rotatable bonds is 4. The summed E-state index contributed by atoms with van der Waals surface area (Å²) in [6.07, 6.45) is 5.31. The molecule has 0 spiro atoms. The Kier molecular flexibility index (Phi) is 4.82. The number of aryl methyl sites for hydroxylation is 2. The molecule has 27 heavy (non-hydrogen) atoms. The van der Waals surface area contributed by atoms with Crippen LogP contribution < -0.4 is 10.6 Å². The van der Waals surface area contributed by atoms with Crippen LogP contribution in [0.1, 0.15) is 36.1 Å². The van der Waals surface area contributed by atoms with Crippen LogP contribution in [0.4, 0.5) is 0 Å². The van der Waals surface area contributed by atoms with Gasteiger partial charge in [0, 0.05) is 20.1 Å². The maximum atomic E-state index is 4.57. The minimum absolute atomic E-state index is 0.118. The molecule has 9 nitrogen and oxygen atoms in total. The van der Waals surface area contributed by atoms with Gasteiger partial charge in [0.25, 0.3) is 0 Å². The smallest absolute Gasteiger partial charge is 0.191 e. The van der Waals surface area contributed by atoms with E-state index >= 15 is 0 Å². The molecule has 2 aromatic heterocycles. The van der Waals surface area contributed by atoms with Crippen molar-refractivity contribution >= 4 is 5.96 Å². The summed E-state index contributed by atoms with van der Waals surface area (Å²) in [6.45, 7) is 3.51. The van der Waals surface area contributed by atoms with Crippen LogP contribution in [0.25, 0.3) is 5.69 Å². The molecule has 0 bridgehead atoms. The van der Waals surface area contributed by atoms with Gasteiger partial charge >= 0.3 is 0 Å². The summed E-state index contributed by atoms with van der Waals surface area (Å²) < 4.78 is 3.74. The second-order valence-electron chi connectivity index (χ2n) is 6.52. The van der Waals surface area contributed by atoms with Crippen LogP contribution in [0.2, 0.25) is 0 Å². The van der Waals surface area contributed by atoms with Gasteiger partial charge in [0.05, 0.1) is 11.7 Å². The molecular weight excluding hydrogens is 342 g/mol. The molecule has 0 aliphatic carbocycles. The lowest BCUT2D eigenvalue weighted by atomic mass is 10.1. The number of nitrogens with one attached hydrogen (secondary N) is 2. The lowest BCUT2D eigenvalue weighted by Gasteiger charge is -2.25.